The quantitative estimate of drug-likeness (QED) is 0.640. The Balaban J connectivity index is 1.68. The van der Waals surface area contributed by atoms with Crippen LogP contribution in [0.15, 0.2) is 54.6 Å². The first kappa shape index (κ1) is 17.2. The molecule has 0 spiro atoms. The van der Waals surface area contributed by atoms with Gasteiger partial charge in [-0.05, 0) is 36.8 Å². The molecule has 1 aromatic heterocycles. The van der Waals surface area contributed by atoms with Crippen LogP contribution in [0, 0.1) is 12.7 Å². The highest BCUT2D eigenvalue weighted by Gasteiger charge is 2.16. The van der Waals surface area contributed by atoms with Crippen LogP contribution in [0.4, 0.5) is 4.39 Å². The molecule has 0 radical (unpaired) electrons. The predicted molar refractivity (Wildman–Crippen MR) is 93.2 cm³/mol. The monoisotopic (exact) mass is 358 g/mol. The van der Waals surface area contributed by atoms with Crippen molar-refractivity contribution in [3.63, 3.8) is 0 Å². The van der Waals surface area contributed by atoms with Gasteiger partial charge < -0.3 is 4.74 Å². The summed E-state index contributed by atoms with van der Waals surface area (Å²) in [4.78, 5) is 12.0. The Labute approximate surface area is 149 Å². The molecule has 0 atom stereocenters. The molecule has 2 aromatic carbocycles. The lowest BCUT2D eigenvalue weighted by molar-refractivity contribution is -0.144. The highest BCUT2D eigenvalue weighted by atomic mass is 35.5. The smallest absolute Gasteiger partial charge is 0.310 e. The Morgan fingerprint density at radius 3 is 2.52 bits per heavy atom. The maximum absolute atomic E-state index is 12.9. The summed E-state index contributed by atoms with van der Waals surface area (Å²) in [6.45, 7) is 1.85. The average molecular weight is 359 g/mol. The molecule has 0 unspecified atom stereocenters. The first-order chi connectivity index (χ1) is 12.0. The summed E-state index contributed by atoms with van der Waals surface area (Å²) in [6.07, 6.45) is 0.0732. The van der Waals surface area contributed by atoms with E-state index in [0.29, 0.717) is 22.0 Å². The molecule has 0 saturated carbocycles. The number of aryl methyl sites for hydroxylation is 1. The Hall–Kier alpha value is -2.66. The summed E-state index contributed by atoms with van der Waals surface area (Å²) in [7, 11) is 0. The van der Waals surface area contributed by atoms with Crippen LogP contribution in [-0.4, -0.2) is 15.7 Å². The summed E-state index contributed by atoms with van der Waals surface area (Å²) >= 11 is 6.39. The molecule has 3 aromatic rings. The number of para-hydroxylation sites is 1. The number of carbonyl (C=O) groups excluding carboxylic acids is 1. The fourth-order valence-electron chi connectivity index (χ4n) is 2.41. The SMILES string of the molecule is Cc1nn(-c2ccccc2)c(Cl)c1COC(=O)Cc1ccc(F)cc1. The van der Waals surface area contributed by atoms with Crippen LogP contribution in [0.2, 0.25) is 5.15 Å². The van der Waals surface area contributed by atoms with E-state index in [1.807, 2.05) is 37.3 Å². The molecule has 1 heterocycles. The van der Waals surface area contributed by atoms with Gasteiger partial charge in [-0.25, -0.2) is 9.07 Å². The molecule has 3 rings (SSSR count). The van der Waals surface area contributed by atoms with Gasteiger partial charge in [-0.3, -0.25) is 4.79 Å². The van der Waals surface area contributed by atoms with Crippen molar-refractivity contribution >= 4 is 17.6 Å². The lowest BCUT2D eigenvalue weighted by Gasteiger charge is -2.06. The van der Waals surface area contributed by atoms with Crippen molar-refractivity contribution in [3.8, 4) is 5.69 Å². The van der Waals surface area contributed by atoms with E-state index < -0.39 is 5.97 Å². The van der Waals surface area contributed by atoms with E-state index in [1.54, 1.807) is 16.8 Å². The molecule has 0 saturated heterocycles. The zero-order valence-electron chi connectivity index (χ0n) is 13.6. The van der Waals surface area contributed by atoms with E-state index in [2.05, 4.69) is 5.10 Å². The second-order valence-electron chi connectivity index (χ2n) is 5.57. The third-order valence-electron chi connectivity index (χ3n) is 3.76. The van der Waals surface area contributed by atoms with Gasteiger partial charge in [0.1, 0.15) is 17.6 Å². The first-order valence-electron chi connectivity index (χ1n) is 7.74. The minimum Gasteiger partial charge on any atom is -0.460 e. The highest BCUT2D eigenvalue weighted by Crippen LogP contribution is 2.24. The van der Waals surface area contributed by atoms with Gasteiger partial charge >= 0.3 is 5.97 Å². The van der Waals surface area contributed by atoms with Gasteiger partial charge in [0.05, 0.1) is 17.8 Å². The molecule has 4 nitrogen and oxygen atoms in total. The summed E-state index contributed by atoms with van der Waals surface area (Å²) in [5.41, 5.74) is 2.88. The Bertz CT molecular complexity index is 876. The predicted octanol–water partition coefficient (Wildman–Crippen LogP) is 4.26. The van der Waals surface area contributed by atoms with E-state index in [1.165, 1.54) is 12.1 Å². The minimum absolute atomic E-state index is 0.0392. The summed E-state index contributed by atoms with van der Waals surface area (Å²) in [5.74, 6) is -0.748. The Morgan fingerprint density at radius 1 is 1.16 bits per heavy atom. The average Bonchev–Trinajstić information content (AvgIpc) is 2.90. The van der Waals surface area contributed by atoms with Crippen LogP contribution in [-0.2, 0) is 22.6 Å². The van der Waals surface area contributed by atoms with Gasteiger partial charge in [0.25, 0.3) is 0 Å². The highest BCUT2D eigenvalue weighted by molar-refractivity contribution is 6.30. The number of hydrogen-bond acceptors (Lipinski definition) is 3. The number of halogens is 2. The molecule has 0 bridgehead atoms. The van der Waals surface area contributed by atoms with Crippen molar-refractivity contribution in [2.45, 2.75) is 20.0 Å². The number of nitrogens with zero attached hydrogens (tertiary/aromatic N) is 2. The molecule has 0 fully saturated rings. The van der Waals surface area contributed by atoms with Gasteiger partial charge in [-0.1, -0.05) is 41.9 Å². The zero-order chi connectivity index (χ0) is 17.8. The van der Waals surface area contributed by atoms with Crippen LogP contribution in [0.1, 0.15) is 16.8 Å². The summed E-state index contributed by atoms with van der Waals surface area (Å²) < 4.78 is 19.8. The van der Waals surface area contributed by atoms with E-state index in [0.717, 1.165) is 5.69 Å². The maximum atomic E-state index is 12.9. The number of benzene rings is 2. The molecular weight excluding hydrogens is 343 g/mol. The number of rotatable bonds is 5. The maximum Gasteiger partial charge on any atom is 0.310 e. The van der Waals surface area contributed by atoms with E-state index in [9.17, 15) is 9.18 Å². The lowest BCUT2D eigenvalue weighted by Crippen LogP contribution is -2.08. The first-order valence-corrected chi connectivity index (χ1v) is 8.12. The minimum atomic E-state index is -0.408. The summed E-state index contributed by atoms with van der Waals surface area (Å²) in [5, 5.41) is 4.82. The number of aromatic nitrogens is 2. The fraction of sp³-hybridized carbons (Fsp3) is 0.158. The van der Waals surface area contributed by atoms with E-state index in [-0.39, 0.29) is 18.8 Å². The van der Waals surface area contributed by atoms with Crippen LogP contribution in [0.3, 0.4) is 0 Å². The van der Waals surface area contributed by atoms with Crippen LogP contribution < -0.4 is 0 Å². The number of ether oxygens (including phenoxy) is 1. The van der Waals surface area contributed by atoms with Gasteiger partial charge in [0.2, 0.25) is 0 Å². The lowest BCUT2D eigenvalue weighted by atomic mass is 10.1. The second-order valence-corrected chi connectivity index (χ2v) is 5.92. The number of hydrogen-bond donors (Lipinski definition) is 0. The molecule has 0 N–H and O–H groups in total. The Morgan fingerprint density at radius 2 is 1.84 bits per heavy atom. The van der Waals surface area contributed by atoms with Gasteiger partial charge in [-0.15, -0.1) is 0 Å². The van der Waals surface area contributed by atoms with Gasteiger partial charge in [0.15, 0.2) is 0 Å². The topological polar surface area (TPSA) is 44.1 Å². The van der Waals surface area contributed by atoms with Crippen LogP contribution in [0.25, 0.3) is 5.69 Å². The molecule has 0 amide bonds. The molecule has 25 heavy (non-hydrogen) atoms. The van der Waals surface area contributed by atoms with Crippen molar-refractivity contribution < 1.29 is 13.9 Å². The van der Waals surface area contributed by atoms with Crippen molar-refractivity contribution in [2.24, 2.45) is 0 Å². The van der Waals surface area contributed by atoms with E-state index >= 15 is 0 Å². The molecular formula is C19H16ClFN2O2. The molecule has 128 valence electrons. The normalized spacial score (nSPS) is 10.7. The van der Waals surface area contributed by atoms with Gasteiger partial charge in [0, 0.05) is 5.56 Å². The molecule has 0 aliphatic carbocycles. The van der Waals surface area contributed by atoms with Crippen LogP contribution >= 0.6 is 11.6 Å². The summed E-state index contributed by atoms with van der Waals surface area (Å²) in [6, 6.07) is 15.2. The zero-order valence-corrected chi connectivity index (χ0v) is 14.3. The third kappa shape index (κ3) is 4.06. The number of esters is 1. The molecule has 0 aliphatic rings. The van der Waals surface area contributed by atoms with Crippen molar-refractivity contribution in [1.82, 2.24) is 9.78 Å². The third-order valence-corrected chi connectivity index (χ3v) is 4.15. The van der Waals surface area contributed by atoms with Crippen molar-refractivity contribution in [2.75, 3.05) is 0 Å². The fourth-order valence-corrected chi connectivity index (χ4v) is 2.73. The number of carbonyl (C=O) groups is 1. The standard InChI is InChI=1S/C19H16ClFN2O2/c1-13-17(19(20)23(22-13)16-5-3-2-4-6-16)12-25-18(24)11-14-7-9-15(21)10-8-14/h2-10H,11-12H2,1H3. The largest absolute Gasteiger partial charge is 0.460 e. The van der Waals surface area contributed by atoms with E-state index in [4.69, 9.17) is 16.3 Å². The van der Waals surface area contributed by atoms with Crippen molar-refractivity contribution in [3.05, 3.63) is 82.4 Å². The van der Waals surface area contributed by atoms with Crippen molar-refractivity contribution in [1.29, 1.82) is 0 Å². The molecule has 0 aliphatic heterocycles. The van der Waals surface area contributed by atoms with Gasteiger partial charge in [-0.2, -0.15) is 5.10 Å². The second kappa shape index (κ2) is 7.49. The molecule has 6 heteroatoms. The Kier molecular flexibility index (Phi) is 5.14. The van der Waals surface area contributed by atoms with Crippen LogP contribution in [0.5, 0.6) is 0 Å².